The minimum Gasteiger partial charge on any atom is -0.492 e. The Bertz CT molecular complexity index is 3250. The van der Waals surface area contributed by atoms with Crippen molar-refractivity contribution in [3.63, 3.8) is 0 Å². The van der Waals surface area contributed by atoms with Gasteiger partial charge in [0.25, 0.3) is 0 Å². The Kier molecular flexibility index (Phi) is 45.0. The van der Waals surface area contributed by atoms with Gasteiger partial charge in [0, 0.05) is 72.9 Å². The van der Waals surface area contributed by atoms with E-state index in [9.17, 15) is 0 Å². The first kappa shape index (κ1) is 84.9. The number of nitrogens with zero attached hydrogens (tertiary/aromatic N) is 4. The third-order valence-electron chi connectivity index (χ3n) is 19.5. The first-order valence-corrected chi connectivity index (χ1v) is 42.5. The Morgan fingerprint density at radius 3 is 0.738 bits per heavy atom. The molecule has 0 saturated carbocycles. The first-order chi connectivity index (χ1) is 50.9. The number of unbranched alkanes of at least 4 members (excludes halogenated alkanes) is 32. The molecule has 0 atom stereocenters. The van der Waals surface area contributed by atoms with Crippen LogP contribution in [0.25, 0.3) is 11.0 Å². The molecular weight excluding hydrogens is 1280 g/mol. The molecule has 0 aliphatic rings. The van der Waals surface area contributed by atoms with E-state index in [2.05, 4.69) is 185 Å². The standard InChI is InChI=1S/C94H134N4O4S/c1-9-17-25-33-37-45-71-99-89-77-85(91(101-73-47-39-35-27-19-11-3)75-83(89)55-49-79-51-63-87(64-52-79)97(67-41-29-21-13-5)68-42-30-22-14-6)61-59-81-57-58-82(94-93(81)95-103-96-94)60-62-86-78-90(100-72-46-38-34-26-18-10-2)84(76-92(86)102-74-48-40-36-28-20-12-4)56-50-80-53-65-88(66-54-80)98(69-43-31-23-15-7)70-44-32-24-16-8/h51-54,57-58,63-66,75-78H,9-48,67-74H2,1-8H3. The summed E-state index contributed by atoms with van der Waals surface area (Å²) < 4.78 is 36.7. The van der Waals surface area contributed by atoms with Gasteiger partial charge in [-0.2, -0.15) is 8.75 Å². The van der Waals surface area contributed by atoms with E-state index in [0.717, 1.165) is 145 Å². The molecule has 560 valence electrons. The topological polar surface area (TPSA) is 69.2 Å². The summed E-state index contributed by atoms with van der Waals surface area (Å²) in [6.45, 7) is 25.0. The van der Waals surface area contributed by atoms with E-state index in [1.165, 1.54) is 229 Å². The summed E-state index contributed by atoms with van der Waals surface area (Å²) in [5.41, 5.74) is 10.6. The van der Waals surface area contributed by atoms with Crippen molar-refractivity contribution in [3.8, 4) is 70.4 Å². The highest BCUT2D eigenvalue weighted by atomic mass is 32.1. The Morgan fingerprint density at radius 1 is 0.252 bits per heavy atom. The Balaban J connectivity index is 1.37. The molecule has 0 unspecified atom stereocenters. The Morgan fingerprint density at radius 2 is 0.476 bits per heavy atom. The number of hydrogen-bond acceptors (Lipinski definition) is 9. The lowest BCUT2D eigenvalue weighted by molar-refractivity contribution is 0.295. The van der Waals surface area contributed by atoms with Crippen molar-refractivity contribution < 1.29 is 18.9 Å². The highest BCUT2D eigenvalue weighted by Crippen LogP contribution is 2.33. The molecule has 0 radical (unpaired) electrons. The second kappa shape index (κ2) is 54.6. The number of anilines is 2. The van der Waals surface area contributed by atoms with Gasteiger partial charge in [0.2, 0.25) is 0 Å². The van der Waals surface area contributed by atoms with Crippen molar-refractivity contribution in [1.29, 1.82) is 0 Å². The number of ether oxygens (including phenoxy) is 4. The van der Waals surface area contributed by atoms with Gasteiger partial charge in [0.15, 0.2) is 0 Å². The van der Waals surface area contributed by atoms with Crippen molar-refractivity contribution in [3.05, 3.63) is 129 Å². The highest BCUT2D eigenvalue weighted by molar-refractivity contribution is 7.00. The van der Waals surface area contributed by atoms with Crippen LogP contribution in [0.4, 0.5) is 11.4 Å². The smallest absolute Gasteiger partial charge is 0.136 e. The summed E-state index contributed by atoms with van der Waals surface area (Å²) in [5, 5.41) is 0. The molecule has 0 bridgehead atoms. The molecule has 5 aromatic carbocycles. The van der Waals surface area contributed by atoms with Crippen LogP contribution in [0.15, 0.2) is 84.9 Å². The van der Waals surface area contributed by atoms with Crippen LogP contribution in [-0.2, 0) is 0 Å². The van der Waals surface area contributed by atoms with Gasteiger partial charge in [-0.25, -0.2) is 0 Å². The summed E-state index contributed by atoms with van der Waals surface area (Å²) >= 11 is 1.18. The van der Waals surface area contributed by atoms with Crippen LogP contribution in [-0.4, -0.2) is 61.4 Å². The third-order valence-corrected chi connectivity index (χ3v) is 20.1. The van der Waals surface area contributed by atoms with Crippen LogP contribution in [0.1, 0.15) is 357 Å². The Labute approximate surface area is 632 Å². The lowest BCUT2D eigenvalue weighted by Gasteiger charge is -2.25. The highest BCUT2D eigenvalue weighted by Gasteiger charge is 2.17. The average molecular weight is 1420 g/mol. The predicted molar refractivity (Wildman–Crippen MR) is 444 cm³/mol. The van der Waals surface area contributed by atoms with Crippen molar-refractivity contribution >= 4 is 34.1 Å². The fourth-order valence-electron chi connectivity index (χ4n) is 13.0. The van der Waals surface area contributed by atoms with E-state index in [1.807, 2.05) is 12.1 Å². The maximum absolute atomic E-state index is 6.76. The number of benzene rings is 5. The van der Waals surface area contributed by atoms with Gasteiger partial charge in [0.1, 0.15) is 34.0 Å². The molecule has 9 heteroatoms. The molecule has 0 amide bonds. The van der Waals surface area contributed by atoms with E-state index in [4.69, 9.17) is 27.7 Å². The molecule has 1 aromatic heterocycles. The van der Waals surface area contributed by atoms with Gasteiger partial charge in [-0.05, 0) is 112 Å². The summed E-state index contributed by atoms with van der Waals surface area (Å²) in [4.78, 5) is 5.18. The molecule has 0 saturated heterocycles. The molecular formula is C94H134N4O4S. The average Bonchev–Trinajstić information content (AvgIpc) is 1.78. The lowest BCUT2D eigenvalue weighted by atomic mass is 10.0. The van der Waals surface area contributed by atoms with E-state index in [1.54, 1.807) is 0 Å². The largest absolute Gasteiger partial charge is 0.492 e. The zero-order chi connectivity index (χ0) is 72.8. The summed E-state index contributed by atoms with van der Waals surface area (Å²) in [5.74, 6) is 31.3. The van der Waals surface area contributed by atoms with Crippen LogP contribution in [0.2, 0.25) is 0 Å². The molecule has 8 nitrogen and oxygen atoms in total. The quantitative estimate of drug-likeness (QED) is 0.0276. The van der Waals surface area contributed by atoms with Gasteiger partial charge in [-0.15, -0.1) is 0 Å². The Hall–Kier alpha value is -7.04. The lowest BCUT2D eigenvalue weighted by Crippen LogP contribution is -2.25. The predicted octanol–water partition coefficient (Wildman–Crippen LogP) is 26.2. The normalized spacial score (nSPS) is 10.9. The number of fused-ring (bicyclic) bond motifs is 1. The second-order valence-electron chi connectivity index (χ2n) is 28.6. The number of hydrogen-bond donors (Lipinski definition) is 0. The molecule has 0 aliphatic heterocycles. The maximum atomic E-state index is 6.76. The van der Waals surface area contributed by atoms with Gasteiger partial charge >= 0.3 is 0 Å². The van der Waals surface area contributed by atoms with Gasteiger partial charge in [-0.3, -0.25) is 0 Å². The third kappa shape index (κ3) is 33.7. The van der Waals surface area contributed by atoms with E-state index < -0.39 is 0 Å². The van der Waals surface area contributed by atoms with Crippen LogP contribution in [0, 0.1) is 47.4 Å². The van der Waals surface area contributed by atoms with E-state index in [-0.39, 0.29) is 0 Å². The van der Waals surface area contributed by atoms with Crippen molar-refractivity contribution in [1.82, 2.24) is 8.75 Å². The van der Waals surface area contributed by atoms with Gasteiger partial charge in [0.05, 0.1) is 71.5 Å². The van der Waals surface area contributed by atoms with Crippen LogP contribution >= 0.6 is 11.7 Å². The zero-order valence-electron chi connectivity index (χ0n) is 65.9. The molecule has 6 aromatic rings. The minimum absolute atomic E-state index is 0.592. The van der Waals surface area contributed by atoms with E-state index in [0.29, 0.717) is 37.9 Å². The molecule has 0 fully saturated rings. The molecule has 103 heavy (non-hydrogen) atoms. The number of aromatic nitrogens is 2. The molecule has 0 spiro atoms. The summed E-state index contributed by atoms with van der Waals surface area (Å²) in [6.07, 6.45) is 48.3. The van der Waals surface area contributed by atoms with Crippen LogP contribution in [0.3, 0.4) is 0 Å². The maximum Gasteiger partial charge on any atom is 0.136 e. The minimum atomic E-state index is 0.592. The molecule has 1 heterocycles. The molecule has 0 aliphatic carbocycles. The van der Waals surface area contributed by atoms with Gasteiger partial charge < -0.3 is 28.7 Å². The number of rotatable bonds is 54. The molecule has 6 rings (SSSR count). The zero-order valence-corrected chi connectivity index (χ0v) is 66.7. The van der Waals surface area contributed by atoms with Crippen molar-refractivity contribution in [2.45, 2.75) is 312 Å². The van der Waals surface area contributed by atoms with Crippen LogP contribution < -0.4 is 28.7 Å². The van der Waals surface area contributed by atoms with E-state index >= 15 is 0 Å². The van der Waals surface area contributed by atoms with Gasteiger partial charge in [-0.1, -0.05) is 308 Å². The van der Waals surface area contributed by atoms with Crippen molar-refractivity contribution in [2.24, 2.45) is 0 Å². The molecule has 0 N–H and O–H groups in total. The fraction of sp³-hybridized carbons (Fsp3) is 0.596. The first-order valence-electron chi connectivity index (χ1n) is 41.8. The fourth-order valence-corrected chi connectivity index (χ4v) is 13.6. The second-order valence-corrected chi connectivity index (χ2v) is 29.1. The summed E-state index contributed by atoms with van der Waals surface area (Å²) in [7, 11) is 0. The van der Waals surface area contributed by atoms with Crippen LogP contribution in [0.5, 0.6) is 23.0 Å². The van der Waals surface area contributed by atoms with Crippen molar-refractivity contribution in [2.75, 3.05) is 62.4 Å². The monoisotopic (exact) mass is 1420 g/mol. The summed E-state index contributed by atoms with van der Waals surface area (Å²) in [6, 6.07) is 30.1. The SMILES string of the molecule is CCCCCCCCOc1cc(C#Cc2ccc(C#Cc3cc(OCCCCCCCC)c(C#Cc4ccc(N(CCCCCC)CCCCCC)cc4)cc3OCCCCCCCC)c3nsnc23)c(OCCCCCCCC)cc1C#Cc1ccc(N(CCCCCC)CCCCCC)cc1.